The third kappa shape index (κ3) is 2.61. The summed E-state index contributed by atoms with van der Waals surface area (Å²) in [6.07, 6.45) is 1.64. The minimum Gasteiger partial charge on any atom is -0.368 e. The highest BCUT2D eigenvalue weighted by Crippen LogP contribution is 2.15. The Labute approximate surface area is 96.0 Å². The molecule has 86 valence electrons. The van der Waals surface area contributed by atoms with Crippen molar-refractivity contribution in [1.29, 1.82) is 0 Å². The minimum atomic E-state index is -0.214. The van der Waals surface area contributed by atoms with Crippen molar-refractivity contribution < 1.29 is 9.53 Å². The van der Waals surface area contributed by atoms with Crippen LogP contribution in [0.4, 0.5) is 0 Å². The van der Waals surface area contributed by atoms with Gasteiger partial charge in [0.05, 0.1) is 0 Å². The van der Waals surface area contributed by atoms with Crippen molar-refractivity contribution in [3.8, 4) is 0 Å². The lowest BCUT2D eigenvalue weighted by molar-refractivity contribution is -0.140. The number of carbonyl (C=O) groups excluding carboxylic acids is 1. The van der Waals surface area contributed by atoms with Gasteiger partial charge in [0.25, 0.3) is 5.91 Å². The summed E-state index contributed by atoms with van der Waals surface area (Å²) in [6.45, 7) is 1.37. The number of benzene rings is 1. The van der Waals surface area contributed by atoms with Gasteiger partial charge in [0.1, 0.15) is 6.10 Å². The maximum Gasteiger partial charge on any atom is 0.251 e. The molecule has 1 aliphatic rings. The molecule has 3 nitrogen and oxygen atoms in total. The first-order valence-electron chi connectivity index (χ1n) is 5.68. The molecule has 0 aromatic heterocycles. The summed E-state index contributed by atoms with van der Waals surface area (Å²) >= 11 is 0. The Morgan fingerprint density at radius 1 is 1.44 bits per heavy atom. The highest BCUT2D eigenvalue weighted by Gasteiger charge is 2.26. The molecule has 0 saturated carbocycles. The van der Waals surface area contributed by atoms with Crippen LogP contribution in [0.2, 0.25) is 0 Å². The van der Waals surface area contributed by atoms with Crippen LogP contribution in [0.5, 0.6) is 0 Å². The standard InChI is InChI=1S/C13H17NO2/c1-14(10-11-6-3-2-4-7-11)13(15)12-8-5-9-16-12/h2-4,6-7,12H,5,8-10H2,1H3/t12-/m0/s1. The van der Waals surface area contributed by atoms with Gasteiger partial charge in [-0.05, 0) is 18.4 Å². The Bertz CT molecular complexity index is 344. The number of amides is 1. The summed E-state index contributed by atoms with van der Waals surface area (Å²) in [5.74, 6) is 0.0985. The van der Waals surface area contributed by atoms with Crippen molar-refractivity contribution in [2.75, 3.05) is 13.7 Å². The van der Waals surface area contributed by atoms with Crippen LogP contribution >= 0.6 is 0 Å². The summed E-state index contributed by atoms with van der Waals surface area (Å²) in [4.78, 5) is 13.7. The molecule has 1 fully saturated rings. The van der Waals surface area contributed by atoms with Crippen LogP contribution in [0.15, 0.2) is 30.3 Å². The third-order valence-electron chi connectivity index (χ3n) is 2.84. The van der Waals surface area contributed by atoms with E-state index in [-0.39, 0.29) is 12.0 Å². The maximum absolute atomic E-state index is 12.0. The summed E-state index contributed by atoms with van der Waals surface area (Å²) in [7, 11) is 1.83. The van der Waals surface area contributed by atoms with Crippen molar-refractivity contribution in [3.05, 3.63) is 35.9 Å². The van der Waals surface area contributed by atoms with Crippen molar-refractivity contribution in [2.45, 2.75) is 25.5 Å². The Morgan fingerprint density at radius 3 is 2.81 bits per heavy atom. The highest BCUT2D eigenvalue weighted by atomic mass is 16.5. The van der Waals surface area contributed by atoms with E-state index in [9.17, 15) is 4.79 Å². The lowest BCUT2D eigenvalue weighted by Gasteiger charge is -2.20. The van der Waals surface area contributed by atoms with Gasteiger partial charge in [0.2, 0.25) is 0 Å². The molecule has 2 rings (SSSR count). The molecule has 1 amide bonds. The summed E-state index contributed by atoms with van der Waals surface area (Å²) in [5, 5.41) is 0. The molecule has 0 N–H and O–H groups in total. The maximum atomic E-state index is 12.0. The van der Waals surface area contributed by atoms with Gasteiger partial charge in [-0.15, -0.1) is 0 Å². The van der Waals surface area contributed by atoms with Crippen LogP contribution in [-0.4, -0.2) is 30.6 Å². The second-order valence-corrected chi connectivity index (χ2v) is 4.18. The topological polar surface area (TPSA) is 29.5 Å². The molecule has 0 spiro atoms. The average molecular weight is 219 g/mol. The molecule has 1 aliphatic heterocycles. The molecule has 1 aromatic carbocycles. The van der Waals surface area contributed by atoms with Crippen LogP contribution in [0.3, 0.4) is 0 Å². The Morgan fingerprint density at radius 2 is 2.19 bits per heavy atom. The van der Waals surface area contributed by atoms with E-state index >= 15 is 0 Å². The van der Waals surface area contributed by atoms with Gasteiger partial charge in [-0.1, -0.05) is 30.3 Å². The van der Waals surface area contributed by atoms with E-state index in [1.54, 1.807) is 4.90 Å². The normalized spacial score (nSPS) is 19.7. The van der Waals surface area contributed by atoms with E-state index in [1.807, 2.05) is 37.4 Å². The summed E-state index contributed by atoms with van der Waals surface area (Å²) in [6, 6.07) is 10.0. The first kappa shape index (κ1) is 11.1. The van der Waals surface area contributed by atoms with E-state index < -0.39 is 0 Å². The first-order valence-corrected chi connectivity index (χ1v) is 5.68. The molecule has 1 aromatic rings. The van der Waals surface area contributed by atoms with Crippen molar-refractivity contribution in [3.63, 3.8) is 0 Å². The van der Waals surface area contributed by atoms with Gasteiger partial charge in [0, 0.05) is 20.2 Å². The predicted octanol–water partition coefficient (Wildman–Crippen LogP) is 1.82. The zero-order valence-corrected chi connectivity index (χ0v) is 9.56. The predicted molar refractivity (Wildman–Crippen MR) is 61.9 cm³/mol. The smallest absolute Gasteiger partial charge is 0.251 e. The molecular formula is C13H17NO2. The first-order chi connectivity index (χ1) is 7.77. The van der Waals surface area contributed by atoms with Crippen molar-refractivity contribution >= 4 is 5.91 Å². The number of hydrogen-bond acceptors (Lipinski definition) is 2. The Hall–Kier alpha value is -1.35. The Balaban J connectivity index is 1.92. The fraction of sp³-hybridized carbons (Fsp3) is 0.462. The molecule has 16 heavy (non-hydrogen) atoms. The van der Waals surface area contributed by atoms with Gasteiger partial charge < -0.3 is 9.64 Å². The summed E-state index contributed by atoms with van der Waals surface area (Å²) < 4.78 is 5.38. The van der Waals surface area contributed by atoms with E-state index in [2.05, 4.69) is 0 Å². The van der Waals surface area contributed by atoms with Crippen molar-refractivity contribution in [1.82, 2.24) is 4.90 Å². The van der Waals surface area contributed by atoms with Crippen LogP contribution in [0.25, 0.3) is 0 Å². The van der Waals surface area contributed by atoms with E-state index in [0.29, 0.717) is 6.54 Å². The molecule has 1 atom stereocenters. The highest BCUT2D eigenvalue weighted by molar-refractivity contribution is 5.80. The lowest BCUT2D eigenvalue weighted by Crippen LogP contribution is -2.35. The van der Waals surface area contributed by atoms with E-state index in [1.165, 1.54) is 0 Å². The molecule has 1 heterocycles. The molecule has 0 unspecified atom stereocenters. The number of nitrogens with zero attached hydrogens (tertiary/aromatic N) is 1. The fourth-order valence-electron chi connectivity index (χ4n) is 1.95. The van der Waals surface area contributed by atoms with Gasteiger partial charge in [0.15, 0.2) is 0 Å². The molecule has 0 radical (unpaired) electrons. The van der Waals surface area contributed by atoms with Gasteiger partial charge in [-0.3, -0.25) is 4.79 Å². The van der Waals surface area contributed by atoms with Crippen molar-refractivity contribution in [2.24, 2.45) is 0 Å². The van der Waals surface area contributed by atoms with Gasteiger partial charge in [-0.2, -0.15) is 0 Å². The zero-order valence-electron chi connectivity index (χ0n) is 9.56. The fourth-order valence-corrected chi connectivity index (χ4v) is 1.95. The van der Waals surface area contributed by atoms with Crippen LogP contribution < -0.4 is 0 Å². The molecule has 0 bridgehead atoms. The second-order valence-electron chi connectivity index (χ2n) is 4.18. The SMILES string of the molecule is CN(Cc1ccccc1)C(=O)[C@@H]1CCCO1. The molecule has 0 aliphatic carbocycles. The number of ether oxygens (including phenoxy) is 1. The van der Waals surface area contributed by atoms with Gasteiger partial charge in [-0.25, -0.2) is 0 Å². The second kappa shape index (κ2) is 5.12. The Kier molecular flexibility index (Phi) is 3.57. The summed E-state index contributed by atoms with van der Waals surface area (Å²) in [5.41, 5.74) is 1.15. The largest absolute Gasteiger partial charge is 0.368 e. The minimum absolute atomic E-state index is 0.0985. The number of hydrogen-bond donors (Lipinski definition) is 0. The van der Waals surface area contributed by atoms with Gasteiger partial charge >= 0.3 is 0 Å². The monoisotopic (exact) mass is 219 g/mol. The van der Waals surface area contributed by atoms with E-state index in [0.717, 1.165) is 25.0 Å². The van der Waals surface area contributed by atoms with Crippen LogP contribution in [0, 0.1) is 0 Å². The number of rotatable bonds is 3. The van der Waals surface area contributed by atoms with Crippen LogP contribution in [0.1, 0.15) is 18.4 Å². The zero-order chi connectivity index (χ0) is 11.4. The molecule has 3 heteroatoms. The third-order valence-corrected chi connectivity index (χ3v) is 2.84. The molecular weight excluding hydrogens is 202 g/mol. The lowest BCUT2D eigenvalue weighted by atomic mass is 10.2. The average Bonchev–Trinajstić information content (AvgIpc) is 2.83. The van der Waals surface area contributed by atoms with E-state index in [4.69, 9.17) is 4.74 Å². The number of likely N-dealkylation sites (N-methyl/N-ethyl adjacent to an activating group) is 1. The quantitative estimate of drug-likeness (QED) is 0.776. The molecule has 1 saturated heterocycles. The number of carbonyl (C=O) groups is 1. The van der Waals surface area contributed by atoms with Crippen LogP contribution in [-0.2, 0) is 16.1 Å².